The minimum absolute atomic E-state index is 0.0921. The standard InChI is InChI=1S/C22H16F3N3O3S2/c1-13-6-9-15(10-7-13)33(30,31)28-17-11-8-14(22(23,24)25)12-16(17)20(29)27-21-26-18-4-2-3-5-19(18)32-21/h2-12,28H,1H3,(H,26,27,29). The van der Waals surface area contributed by atoms with Crippen LogP contribution in [0.5, 0.6) is 0 Å². The van der Waals surface area contributed by atoms with Gasteiger partial charge in [-0.25, -0.2) is 13.4 Å². The van der Waals surface area contributed by atoms with Crippen molar-refractivity contribution in [3.05, 3.63) is 83.4 Å². The number of fused-ring (bicyclic) bond motifs is 1. The van der Waals surface area contributed by atoms with Crippen LogP contribution in [0.3, 0.4) is 0 Å². The fourth-order valence-corrected chi connectivity index (χ4v) is 4.95. The normalized spacial score (nSPS) is 12.0. The number of rotatable bonds is 5. The molecular weight excluding hydrogens is 475 g/mol. The lowest BCUT2D eigenvalue weighted by Gasteiger charge is -2.15. The molecular formula is C22H16F3N3O3S2. The number of hydrogen-bond acceptors (Lipinski definition) is 5. The van der Waals surface area contributed by atoms with Crippen LogP contribution < -0.4 is 10.0 Å². The molecule has 0 spiro atoms. The van der Waals surface area contributed by atoms with Gasteiger partial charge in [0.1, 0.15) is 0 Å². The maximum atomic E-state index is 13.3. The minimum atomic E-state index is -4.72. The second-order valence-electron chi connectivity index (χ2n) is 7.12. The van der Waals surface area contributed by atoms with Crippen molar-refractivity contribution in [3.8, 4) is 0 Å². The Balaban J connectivity index is 1.71. The molecule has 0 radical (unpaired) electrons. The Kier molecular flexibility index (Phi) is 5.85. The molecule has 6 nitrogen and oxygen atoms in total. The van der Waals surface area contributed by atoms with E-state index in [9.17, 15) is 26.4 Å². The van der Waals surface area contributed by atoms with Crippen molar-refractivity contribution in [2.24, 2.45) is 0 Å². The Morgan fingerprint density at radius 1 is 1.00 bits per heavy atom. The van der Waals surface area contributed by atoms with Gasteiger partial charge in [-0.05, 0) is 49.4 Å². The van der Waals surface area contributed by atoms with Gasteiger partial charge in [-0.1, -0.05) is 41.2 Å². The van der Waals surface area contributed by atoms with Crippen LogP contribution in [0.15, 0.2) is 71.6 Å². The number of nitrogens with one attached hydrogen (secondary N) is 2. The number of amides is 1. The average Bonchev–Trinajstić information content (AvgIpc) is 3.15. The van der Waals surface area contributed by atoms with Crippen LogP contribution in [0.1, 0.15) is 21.5 Å². The molecule has 2 N–H and O–H groups in total. The molecule has 0 aliphatic carbocycles. The van der Waals surface area contributed by atoms with E-state index in [4.69, 9.17) is 0 Å². The summed E-state index contributed by atoms with van der Waals surface area (Å²) in [5, 5.41) is 2.64. The SMILES string of the molecule is Cc1ccc(S(=O)(=O)Nc2ccc(C(F)(F)F)cc2C(=O)Nc2nc3ccccc3s2)cc1. The van der Waals surface area contributed by atoms with E-state index in [1.54, 1.807) is 43.3 Å². The van der Waals surface area contributed by atoms with Gasteiger partial charge in [0.05, 0.1) is 31.9 Å². The summed E-state index contributed by atoms with van der Waals surface area (Å²) in [7, 11) is -4.15. The van der Waals surface area contributed by atoms with Crippen molar-refractivity contribution >= 4 is 48.3 Å². The predicted molar refractivity (Wildman–Crippen MR) is 121 cm³/mol. The van der Waals surface area contributed by atoms with Crippen LogP contribution in [0.4, 0.5) is 24.0 Å². The number of benzene rings is 3. The number of hydrogen-bond donors (Lipinski definition) is 2. The van der Waals surface area contributed by atoms with Crippen molar-refractivity contribution in [2.75, 3.05) is 10.0 Å². The highest BCUT2D eigenvalue weighted by atomic mass is 32.2. The van der Waals surface area contributed by atoms with Crippen LogP contribution in [0, 0.1) is 6.92 Å². The molecule has 1 aromatic heterocycles. The summed E-state index contributed by atoms with van der Waals surface area (Å²) < 4.78 is 68.4. The Hall–Kier alpha value is -3.44. The van der Waals surface area contributed by atoms with Crippen LogP contribution in [-0.4, -0.2) is 19.3 Å². The molecule has 0 bridgehead atoms. The highest BCUT2D eigenvalue weighted by Crippen LogP contribution is 2.33. The maximum absolute atomic E-state index is 13.3. The molecule has 3 aromatic carbocycles. The van der Waals surface area contributed by atoms with Gasteiger partial charge in [0.25, 0.3) is 15.9 Å². The van der Waals surface area contributed by atoms with Gasteiger partial charge >= 0.3 is 6.18 Å². The van der Waals surface area contributed by atoms with Crippen LogP contribution in [0.2, 0.25) is 0 Å². The molecule has 1 heterocycles. The average molecular weight is 492 g/mol. The number of anilines is 2. The van der Waals surface area contributed by atoms with Crippen molar-refractivity contribution in [1.29, 1.82) is 0 Å². The van der Waals surface area contributed by atoms with Crippen LogP contribution in [-0.2, 0) is 16.2 Å². The van der Waals surface area contributed by atoms with Gasteiger partial charge < -0.3 is 0 Å². The second-order valence-corrected chi connectivity index (χ2v) is 9.83. The topological polar surface area (TPSA) is 88.2 Å². The number of halogens is 3. The van der Waals surface area contributed by atoms with E-state index >= 15 is 0 Å². The third-order valence-electron chi connectivity index (χ3n) is 4.68. The lowest BCUT2D eigenvalue weighted by Crippen LogP contribution is -2.20. The maximum Gasteiger partial charge on any atom is 0.416 e. The van der Waals surface area contributed by atoms with Gasteiger partial charge in [0.15, 0.2) is 5.13 Å². The van der Waals surface area contributed by atoms with E-state index in [0.717, 1.165) is 27.7 Å². The molecule has 0 unspecified atom stereocenters. The Morgan fingerprint density at radius 2 is 1.70 bits per heavy atom. The zero-order valence-corrected chi connectivity index (χ0v) is 18.6. The lowest BCUT2D eigenvalue weighted by molar-refractivity contribution is -0.137. The van der Waals surface area contributed by atoms with Crippen molar-refractivity contribution in [1.82, 2.24) is 4.98 Å². The van der Waals surface area contributed by atoms with Gasteiger partial charge in [-0.2, -0.15) is 13.2 Å². The minimum Gasteiger partial charge on any atom is -0.298 e. The van der Waals surface area contributed by atoms with E-state index in [-0.39, 0.29) is 15.7 Å². The first-order valence-electron chi connectivity index (χ1n) is 9.50. The van der Waals surface area contributed by atoms with Gasteiger partial charge in [-0.15, -0.1) is 0 Å². The molecule has 170 valence electrons. The third kappa shape index (κ3) is 4.99. The monoisotopic (exact) mass is 491 g/mol. The Morgan fingerprint density at radius 3 is 2.36 bits per heavy atom. The van der Waals surface area contributed by atoms with E-state index in [2.05, 4.69) is 15.0 Å². The summed E-state index contributed by atoms with van der Waals surface area (Å²) in [4.78, 5) is 17.1. The summed E-state index contributed by atoms with van der Waals surface area (Å²) in [5.41, 5.74) is -0.418. The van der Waals surface area contributed by atoms with E-state index in [0.29, 0.717) is 17.6 Å². The smallest absolute Gasteiger partial charge is 0.298 e. The number of carbonyl (C=O) groups excluding carboxylic acids is 1. The quantitative estimate of drug-likeness (QED) is 0.376. The summed E-state index contributed by atoms with van der Waals surface area (Å²) in [5.74, 6) is -0.929. The summed E-state index contributed by atoms with van der Waals surface area (Å²) >= 11 is 1.14. The van der Waals surface area contributed by atoms with Gasteiger partial charge in [-0.3, -0.25) is 14.8 Å². The predicted octanol–water partition coefficient (Wildman–Crippen LogP) is 5.68. The molecule has 0 saturated heterocycles. The van der Waals surface area contributed by atoms with Crippen LogP contribution >= 0.6 is 11.3 Å². The summed E-state index contributed by atoms with van der Waals surface area (Å²) in [6, 6.07) is 15.2. The van der Waals surface area contributed by atoms with E-state index in [1.165, 1.54) is 12.1 Å². The first-order valence-corrected chi connectivity index (χ1v) is 11.8. The Labute approximate surface area is 191 Å². The highest BCUT2D eigenvalue weighted by Gasteiger charge is 2.32. The molecule has 0 fully saturated rings. The number of alkyl halides is 3. The molecule has 11 heteroatoms. The molecule has 0 aliphatic heterocycles. The fraction of sp³-hybridized carbons (Fsp3) is 0.0909. The zero-order chi connectivity index (χ0) is 23.8. The van der Waals surface area contributed by atoms with Gasteiger partial charge in [0.2, 0.25) is 0 Å². The number of aromatic nitrogens is 1. The first-order chi connectivity index (χ1) is 15.5. The number of aryl methyl sites for hydroxylation is 1. The number of thiazole rings is 1. The zero-order valence-electron chi connectivity index (χ0n) is 17.0. The lowest BCUT2D eigenvalue weighted by atomic mass is 10.1. The van der Waals surface area contributed by atoms with E-state index < -0.39 is 33.2 Å². The number of sulfonamides is 1. The fourth-order valence-electron chi connectivity index (χ4n) is 3.01. The molecule has 0 atom stereocenters. The van der Waals surface area contributed by atoms with Crippen LogP contribution in [0.25, 0.3) is 10.2 Å². The van der Waals surface area contributed by atoms with Crippen molar-refractivity contribution < 1.29 is 26.4 Å². The van der Waals surface area contributed by atoms with E-state index in [1.807, 2.05) is 0 Å². The van der Waals surface area contributed by atoms with Gasteiger partial charge in [0, 0.05) is 0 Å². The Bertz CT molecular complexity index is 1410. The molecule has 1 amide bonds. The van der Waals surface area contributed by atoms with Crippen molar-refractivity contribution in [2.45, 2.75) is 18.0 Å². The number of carbonyl (C=O) groups is 1. The number of para-hydroxylation sites is 1. The molecule has 0 saturated carbocycles. The molecule has 0 aliphatic rings. The summed E-state index contributed by atoms with van der Waals surface area (Å²) in [6.07, 6.45) is -4.72. The summed E-state index contributed by atoms with van der Waals surface area (Å²) in [6.45, 7) is 1.78. The highest BCUT2D eigenvalue weighted by molar-refractivity contribution is 7.92. The first kappa shape index (κ1) is 22.7. The van der Waals surface area contributed by atoms with Crippen molar-refractivity contribution in [3.63, 3.8) is 0 Å². The molecule has 4 aromatic rings. The number of nitrogens with zero attached hydrogens (tertiary/aromatic N) is 1. The second kappa shape index (κ2) is 8.49. The third-order valence-corrected chi connectivity index (χ3v) is 7.01. The molecule has 33 heavy (non-hydrogen) atoms. The largest absolute Gasteiger partial charge is 0.416 e. The molecule has 4 rings (SSSR count).